The number of urea groups is 1. The number of carbonyl (C=O) groups is 1. The average molecular weight is 246 g/mol. The lowest BCUT2D eigenvalue weighted by Crippen LogP contribution is -2.45. The molecule has 2 rings (SSSR count). The van der Waals surface area contributed by atoms with Gasteiger partial charge in [-0.3, -0.25) is 0 Å². The van der Waals surface area contributed by atoms with Gasteiger partial charge in [-0.05, 0) is 37.2 Å². The minimum absolute atomic E-state index is 0.0139. The molecular weight excluding hydrogens is 224 g/mol. The third kappa shape index (κ3) is 3.76. The van der Waals surface area contributed by atoms with Crippen molar-refractivity contribution in [3.05, 3.63) is 35.9 Å². The van der Waals surface area contributed by atoms with E-state index < -0.39 is 0 Å². The van der Waals surface area contributed by atoms with Gasteiger partial charge in [-0.1, -0.05) is 37.3 Å². The summed E-state index contributed by atoms with van der Waals surface area (Å²) < 4.78 is 0. The van der Waals surface area contributed by atoms with Crippen LogP contribution in [0, 0.1) is 0 Å². The molecule has 18 heavy (non-hydrogen) atoms. The zero-order chi connectivity index (χ0) is 12.8. The highest BCUT2D eigenvalue weighted by Gasteiger charge is 2.18. The molecule has 1 fully saturated rings. The van der Waals surface area contributed by atoms with Gasteiger partial charge in [0.25, 0.3) is 0 Å². The molecule has 1 saturated carbocycles. The Balaban J connectivity index is 1.64. The topological polar surface area (TPSA) is 41.1 Å². The van der Waals surface area contributed by atoms with Gasteiger partial charge in [-0.2, -0.15) is 0 Å². The van der Waals surface area contributed by atoms with Crippen LogP contribution in [-0.2, 0) is 0 Å². The van der Waals surface area contributed by atoms with E-state index in [1.165, 1.54) is 12.0 Å². The molecule has 1 aromatic carbocycles. The van der Waals surface area contributed by atoms with Crippen molar-refractivity contribution in [1.82, 2.24) is 10.6 Å². The van der Waals surface area contributed by atoms with Crippen LogP contribution in [0.5, 0.6) is 0 Å². The molecule has 0 heterocycles. The molecule has 3 heteroatoms. The Morgan fingerprint density at radius 3 is 2.67 bits per heavy atom. The second-order valence-corrected chi connectivity index (χ2v) is 5.13. The predicted octanol–water partition coefficient (Wildman–Crippen LogP) is 3.03. The number of hydrogen-bond donors (Lipinski definition) is 2. The maximum atomic E-state index is 11.5. The van der Waals surface area contributed by atoms with Crippen molar-refractivity contribution in [1.29, 1.82) is 0 Å². The first-order valence-electron chi connectivity index (χ1n) is 6.85. The largest absolute Gasteiger partial charge is 0.338 e. The minimum Gasteiger partial charge on any atom is -0.338 e. The van der Waals surface area contributed by atoms with E-state index in [1.807, 2.05) is 6.07 Å². The number of rotatable bonds is 5. The van der Waals surface area contributed by atoms with Crippen LogP contribution < -0.4 is 10.6 Å². The first-order valence-corrected chi connectivity index (χ1v) is 6.85. The molecule has 1 aliphatic carbocycles. The molecule has 1 aromatic rings. The van der Waals surface area contributed by atoms with Crippen molar-refractivity contribution in [3.63, 3.8) is 0 Å². The highest BCUT2D eigenvalue weighted by molar-refractivity contribution is 5.74. The first kappa shape index (κ1) is 12.9. The molecule has 0 aromatic heterocycles. The van der Waals surface area contributed by atoms with E-state index in [1.54, 1.807) is 0 Å². The fourth-order valence-electron chi connectivity index (χ4n) is 2.14. The summed E-state index contributed by atoms with van der Waals surface area (Å²) >= 11 is 0. The number of carbonyl (C=O) groups excluding carboxylic acids is 1. The maximum absolute atomic E-state index is 11.5. The highest BCUT2D eigenvalue weighted by Crippen LogP contribution is 2.18. The minimum atomic E-state index is -0.0139. The summed E-state index contributed by atoms with van der Waals surface area (Å²) in [4.78, 5) is 11.5. The molecule has 0 saturated heterocycles. The highest BCUT2D eigenvalue weighted by atomic mass is 16.2. The van der Waals surface area contributed by atoms with E-state index in [0.29, 0.717) is 12.0 Å². The normalized spacial score (nSPS) is 16.7. The average Bonchev–Trinajstić information content (AvgIpc) is 2.35. The zero-order valence-corrected chi connectivity index (χ0v) is 11.0. The SMILES string of the molecule is CC(CCNC(=O)NC1CCC1)c1ccccc1. The molecule has 1 aliphatic rings. The van der Waals surface area contributed by atoms with E-state index in [2.05, 4.69) is 41.8 Å². The summed E-state index contributed by atoms with van der Waals surface area (Å²) in [6, 6.07) is 10.8. The van der Waals surface area contributed by atoms with Crippen LogP contribution in [-0.4, -0.2) is 18.6 Å². The van der Waals surface area contributed by atoms with E-state index >= 15 is 0 Å². The molecule has 98 valence electrons. The van der Waals surface area contributed by atoms with Gasteiger partial charge >= 0.3 is 6.03 Å². The first-order chi connectivity index (χ1) is 8.75. The lowest BCUT2D eigenvalue weighted by Gasteiger charge is -2.26. The van der Waals surface area contributed by atoms with Gasteiger partial charge in [0, 0.05) is 12.6 Å². The molecule has 2 N–H and O–H groups in total. The monoisotopic (exact) mass is 246 g/mol. The summed E-state index contributed by atoms with van der Waals surface area (Å²) in [5, 5.41) is 5.91. The van der Waals surface area contributed by atoms with E-state index in [9.17, 15) is 4.79 Å². The molecule has 3 nitrogen and oxygen atoms in total. The summed E-state index contributed by atoms with van der Waals surface area (Å²) in [6.45, 7) is 2.93. The van der Waals surface area contributed by atoms with Gasteiger partial charge in [0.2, 0.25) is 0 Å². The van der Waals surface area contributed by atoms with Crippen molar-refractivity contribution in [2.24, 2.45) is 0 Å². The molecule has 0 radical (unpaired) electrons. The lowest BCUT2D eigenvalue weighted by molar-refractivity contribution is 0.228. The van der Waals surface area contributed by atoms with Crippen molar-refractivity contribution in [2.45, 2.75) is 44.6 Å². The Morgan fingerprint density at radius 2 is 2.06 bits per heavy atom. The van der Waals surface area contributed by atoms with Gasteiger partial charge in [0.1, 0.15) is 0 Å². The smallest absolute Gasteiger partial charge is 0.315 e. The van der Waals surface area contributed by atoms with Gasteiger partial charge in [-0.25, -0.2) is 4.79 Å². The van der Waals surface area contributed by atoms with Gasteiger partial charge < -0.3 is 10.6 Å². The second-order valence-electron chi connectivity index (χ2n) is 5.13. The predicted molar refractivity (Wildman–Crippen MR) is 73.6 cm³/mol. The van der Waals surface area contributed by atoms with Crippen LogP contribution in [0.1, 0.15) is 44.1 Å². The molecule has 0 bridgehead atoms. The van der Waals surface area contributed by atoms with E-state index in [0.717, 1.165) is 25.8 Å². The van der Waals surface area contributed by atoms with Gasteiger partial charge in [0.15, 0.2) is 0 Å². The second kappa shape index (κ2) is 6.43. The van der Waals surface area contributed by atoms with Crippen LogP contribution in [0.4, 0.5) is 4.79 Å². The fourth-order valence-corrected chi connectivity index (χ4v) is 2.14. The lowest BCUT2D eigenvalue weighted by atomic mass is 9.93. The van der Waals surface area contributed by atoms with Crippen LogP contribution in [0.25, 0.3) is 0 Å². The van der Waals surface area contributed by atoms with Gasteiger partial charge in [-0.15, -0.1) is 0 Å². The van der Waals surface area contributed by atoms with Crippen molar-refractivity contribution < 1.29 is 4.79 Å². The van der Waals surface area contributed by atoms with Crippen LogP contribution >= 0.6 is 0 Å². The third-order valence-corrected chi connectivity index (χ3v) is 3.67. The Labute approximate surface area is 109 Å². The molecule has 2 amide bonds. The number of benzene rings is 1. The summed E-state index contributed by atoms with van der Waals surface area (Å²) in [7, 11) is 0. The Kier molecular flexibility index (Phi) is 4.62. The molecule has 0 spiro atoms. The summed E-state index contributed by atoms with van der Waals surface area (Å²) in [5.41, 5.74) is 1.33. The molecule has 1 unspecified atom stereocenters. The zero-order valence-electron chi connectivity index (χ0n) is 11.0. The summed E-state index contributed by atoms with van der Waals surface area (Å²) in [6.07, 6.45) is 4.49. The Bertz CT molecular complexity index is 373. The number of hydrogen-bond acceptors (Lipinski definition) is 1. The molecular formula is C15H22N2O. The third-order valence-electron chi connectivity index (χ3n) is 3.67. The quantitative estimate of drug-likeness (QED) is 0.823. The number of nitrogens with one attached hydrogen (secondary N) is 2. The van der Waals surface area contributed by atoms with E-state index in [-0.39, 0.29) is 6.03 Å². The van der Waals surface area contributed by atoms with Gasteiger partial charge in [0.05, 0.1) is 0 Å². The summed E-state index contributed by atoms with van der Waals surface area (Å²) in [5.74, 6) is 0.482. The fraction of sp³-hybridized carbons (Fsp3) is 0.533. The van der Waals surface area contributed by atoms with Crippen LogP contribution in [0.15, 0.2) is 30.3 Å². The molecule has 1 atom stereocenters. The standard InChI is InChI=1S/C15H22N2O/c1-12(13-6-3-2-4-7-13)10-11-16-15(18)17-14-8-5-9-14/h2-4,6-7,12,14H,5,8-11H2,1H3,(H2,16,17,18). The Hall–Kier alpha value is -1.51. The van der Waals surface area contributed by atoms with Crippen LogP contribution in [0.3, 0.4) is 0 Å². The maximum Gasteiger partial charge on any atom is 0.315 e. The van der Waals surface area contributed by atoms with Crippen LogP contribution in [0.2, 0.25) is 0 Å². The van der Waals surface area contributed by atoms with Crippen molar-refractivity contribution in [3.8, 4) is 0 Å². The van der Waals surface area contributed by atoms with Crippen molar-refractivity contribution in [2.75, 3.05) is 6.54 Å². The van der Waals surface area contributed by atoms with E-state index in [4.69, 9.17) is 0 Å². The number of amides is 2. The Morgan fingerprint density at radius 1 is 1.33 bits per heavy atom. The molecule has 0 aliphatic heterocycles. The van der Waals surface area contributed by atoms with Crippen molar-refractivity contribution >= 4 is 6.03 Å².